The van der Waals surface area contributed by atoms with Gasteiger partial charge in [-0.25, -0.2) is 0 Å². The van der Waals surface area contributed by atoms with Gasteiger partial charge in [0.1, 0.15) is 5.75 Å². The van der Waals surface area contributed by atoms with Crippen molar-refractivity contribution in [2.24, 2.45) is 0 Å². The Hall–Kier alpha value is -3.31. The fourth-order valence-electron chi connectivity index (χ4n) is 3.54. The van der Waals surface area contributed by atoms with Crippen molar-refractivity contribution in [3.05, 3.63) is 96.6 Å². The molecule has 0 amide bonds. The third-order valence-corrected chi connectivity index (χ3v) is 5.28. The van der Waals surface area contributed by atoms with E-state index in [1.807, 2.05) is 36.4 Å². The van der Waals surface area contributed by atoms with Crippen LogP contribution in [0.1, 0.15) is 5.56 Å². The van der Waals surface area contributed by atoms with E-state index in [2.05, 4.69) is 49.4 Å². The molecule has 6 heteroatoms. The Morgan fingerprint density at radius 1 is 0.613 bits per heavy atom. The summed E-state index contributed by atoms with van der Waals surface area (Å²) >= 11 is 0. The van der Waals surface area contributed by atoms with Gasteiger partial charge < -0.3 is 19.7 Å². The number of rotatable bonds is 6. The van der Waals surface area contributed by atoms with Gasteiger partial charge in [0.15, 0.2) is 0 Å². The van der Waals surface area contributed by atoms with Crippen molar-refractivity contribution < 1.29 is 19.7 Å². The van der Waals surface area contributed by atoms with Gasteiger partial charge in [-0.2, -0.15) is 0 Å². The minimum Gasteiger partial charge on any atom is -0.539 e. The summed E-state index contributed by atoms with van der Waals surface area (Å²) in [5.41, 5.74) is 7.97. The minimum absolute atomic E-state index is 0.356. The lowest BCUT2D eigenvalue weighted by atomic mass is 9.79. The quantitative estimate of drug-likeness (QED) is 0.429. The van der Waals surface area contributed by atoms with E-state index in [0.29, 0.717) is 11.2 Å². The highest BCUT2D eigenvalue weighted by molar-refractivity contribution is 6.58. The van der Waals surface area contributed by atoms with Crippen LogP contribution < -0.4 is 10.1 Å². The average molecular weight is 408 g/mol. The van der Waals surface area contributed by atoms with Gasteiger partial charge in [-0.05, 0) is 76.1 Å². The van der Waals surface area contributed by atoms with Crippen LogP contribution in [0.4, 0.5) is 0 Å². The van der Waals surface area contributed by atoms with Crippen LogP contribution in [0.2, 0.25) is 0 Å². The molecule has 0 saturated heterocycles. The van der Waals surface area contributed by atoms with Crippen molar-refractivity contribution in [1.29, 1.82) is 0 Å². The molecule has 0 saturated carbocycles. The Kier molecular flexibility index (Phi) is 6.23. The third-order valence-electron chi connectivity index (χ3n) is 5.28. The highest BCUT2D eigenvalue weighted by atomic mass is 16.5. The summed E-state index contributed by atoms with van der Waals surface area (Å²) in [6.45, 7) is 2.07. The molecule has 4 rings (SSSR count). The molecule has 0 atom stereocenters. The van der Waals surface area contributed by atoms with E-state index in [1.165, 1.54) is 5.56 Å². The maximum Gasteiger partial charge on any atom is 0.504 e. The van der Waals surface area contributed by atoms with Crippen LogP contribution in [-0.2, 0) is 0 Å². The molecule has 0 heterocycles. The van der Waals surface area contributed by atoms with Gasteiger partial charge in [0.25, 0.3) is 0 Å². The molecule has 0 aliphatic rings. The normalized spacial score (nSPS) is 10.6. The number of aryl methyl sites for hydroxylation is 1. The molecule has 0 fully saturated rings. The van der Waals surface area contributed by atoms with Crippen molar-refractivity contribution in [3.8, 4) is 39.1 Å². The lowest BCUT2D eigenvalue weighted by molar-refractivity contribution is 0.426. The fraction of sp³-hybridized carbons (Fsp3) is 0.0400. The lowest BCUT2D eigenvalue weighted by Crippen LogP contribution is -2.29. The average Bonchev–Trinajstić information content (AvgIpc) is 2.80. The van der Waals surface area contributed by atoms with Gasteiger partial charge in [-0.15, -0.1) is 0 Å². The van der Waals surface area contributed by atoms with Crippen LogP contribution in [0.5, 0.6) is 5.75 Å². The van der Waals surface area contributed by atoms with Gasteiger partial charge >= 0.3 is 14.8 Å². The molecule has 0 aromatic heterocycles. The second-order valence-corrected chi connectivity index (χ2v) is 7.46. The maximum atomic E-state index is 9.38. The van der Waals surface area contributed by atoms with Crippen molar-refractivity contribution in [2.45, 2.75) is 6.92 Å². The van der Waals surface area contributed by atoms with Crippen LogP contribution in [0, 0.1) is 6.92 Å². The Bertz CT molecular complexity index is 1160. The van der Waals surface area contributed by atoms with Crippen molar-refractivity contribution in [3.63, 3.8) is 0 Å². The van der Waals surface area contributed by atoms with Crippen LogP contribution in [0.25, 0.3) is 33.4 Å². The van der Waals surface area contributed by atoms with Crippen LogP contribution >= 0.6 is 0 Å². The SMILES string of the molecule is Cc1ccc(-c2cc(-c3ccc(OBO)cc3)cc(-c3ccc(B(O)O)cc3)c2)cc1. The second kappa shape index (κ2) is 9.23. The molecule has 0 spiro atoms. The molecule has 4 nitrogen and oxygen atoms in total. The zero-order valence-corrected chi connectivity index (χ0v) is 17.2. The summed E-state index contributed by atoms with van der Waals surface area (Å²) in [5, 5.41) is 27.7. The topological polar surface area (TPSA) is 69.9 Å². The molecule has 4 aromatic carbocycles. The predicted octanol–water partition coefficient (Wildman–Crippen LogP) is 3.31. The van der Waals surface area contributed by atoms with E-state index >= 15 is 0 Å². The third kappa shape index (κ3) is 4.89. The summed E-state index contributed by atoms with van der Waals surface area (Å²) in [5.74, 6) is 0.610. The summed E-state index contributed by atoms with van der Waals surface area (Å²) in [4.78, 5) is 0. The zero-order chi connectivity index (χ0) is 21.8. The molecule has 0 aliphatic carbocycles. The van der Waals surface area contributed by atoms with Crippen molar-refractivity contribution in [1.82, 2.24) is 0 Å². The predicted molar refractivity (Wildman–Crippen MR) is 127 cm³/mol. The van der Waals surface area contributed by atoms with Crippen LogP contribution in [0.15, 0.2) is 91.0 Å². The number of hydrogen-bond donors (Lipinski definition) is 3. The van der Waals surface area contributed by atoms with Crippen LogP contribution in [-0.4, -0.2) is 29.9 Å². The summed E-state index contributed by atoms with van der Waals surface area (Å²) in [6.07, 6.45) is 0. The molecule has 0 aliphatic heterocycles. The highest BCUT2D eigenvalue weighted by Gasteiger charge is 2.12. The Labute approximate surface area is 182 Å². The van der Waals surface area contributed by atoms with E-state index in [-0.39, 0.29) is 7.69 Å². The van der Waals surface area contributed by atoms with Crippen molar-refractivity contribution in [2.75, 3.05) is 0 Å². The first kappa shape index (κ1) is 20.9. The molecule has 4 aromatic rings. The lowest BCUT2D eigenvalue weighted by Gasteiger charge is -2.12. The summed E-state index contributed by atoms with van der Waals surface area (Å²) in [6, 6.07) is 29.7. The van der Waals surface area contributed by atoms with Gasteiger partial charge in [-0.3, -0.25) is 0 Å². The van der Waals surface area contributed by atoms with E-state index in [9.17, 15) is 10.0 Å². The maximum absolute atomic E-state index is 9.38. The summed E-state index contributed by atoms with van der Waals surface area (Å²) in [7, 11) is -1.84. The minimum atomic E-state index is -1.48. The largest absolute Gasteiger partial charge is 0.539 e. The van der Waals surface area contributed by atoms with Crippen LogP contribution in [0.3, 0.4) is 0 Å². The smallest absolute Gasteiger partial charge is 0.504 e. The van der Waals surface area contributed by atoms with E-state index < -0.39 is 7.12 Å². The first-order valence-electron chi connectivity index (χ1n) is 10.1. The standard InChI is InChI=1S/C25H22B2O4/c1-17-2-4-18(5-3-17)21-14-22(19-6-10-24(11-7-19)27(29)30)16-23(15-21)20-8-12-25(13-9-20)31-26-28/h2-16,26,28-30H,1H3. The first-order valence-corrected chi connectivity index (χ1v) is 10.1. The molecule has 31 heavy (non-hydrogen) atoms. The van der Waals surface area contributed by atoms with E-state index in [0.717, 1.165) is 33.4 Å². The molecule has 0 radical (unpaired) electrons. The van der Waals surface area contributed by atoms with Gasteiger partial charge in [-0.1, -0.05) is 66.2 Å². The monoisotopic (exact) mass is 408 g/mol. The van der Waals surface area contributed by atoms with Crippen molar-refractivity contribution >= 4 is 20.3 Å². The molecular weight excluding hydrogens is 386 g/mol. The molecule has 0 unspecified atom stereocenters. The fourth-order valence-corrected chi connectivity index (χ4v) is 3.54. The molecule has 0 bridgehead atoms. The van der Waals surface area contributed by atoms with Gasteiger partial charge in [0.2, 0.25) is 0 Å². The summed E-state index contributed by atoms with van der Waals surface area (Å²) < 4.78 is 5.14. The molecular formula is C25H22B2O4. The Morgan fingerprint density at radius 3 is 1.45 bits per heavy atom. The van der Waals surface area contributed by atoms with Gasteiger partial charge in [0.05, 0.1) is 0 Å². The van der Waals surface area contributed by atoms with Gasteiger partial charge in [0, 0.05) is 0 Å². The van der Waals surface area contributed by atoms with E-state index in [4.69, 9.17) is 9.68 Å². The second-order valence-electron chi connectivity index (χ2n) is 7.46. The molecule has 152 valence electrons. The number of benzene rings is 4. The molecule has 3 N–H and O–H groups in total. The first-order chi connectivity index (χ1) is 15.0. The Morgan fingerprint density at radius 2 is 1.03 bits per heavy atom. The zero-order valence-electron chi connectivity index (χ0n) is 17.2. The number of hydrogen-bond acceptors (Lipinski definition) is 4. The highest BCUT2D eigenvalue weighted by Crippen LogP contribution is 2.33. The Balaban J connectivity index is 1.81. The van der Waals surface area contributed by atoms with E-state index in [1.54, 1.807) is 12.1 Å².